The second kappa shape index (κ2) is 4.19. The number of carbonyl (C=O) groups excluding carboxylic acids is 2. The lowest BCUT2D eigenvalue weighted by atomic mass is 10.3. The summed E-state index contributed by atoms with van der Waals surface area (Å²) in [6.45, 7) is 2.59. The van der Waals surface area contributed by atoms with Crippen molar-refractivity contribution in [2.45, 2.75) is 13.8 Å². The molecule has 0 aliphatic carbocycles. The molecule has 5 heteroatoms. The van der Waals surface area contributed by atoms with Gasteiger partial charge in [-0.1, -0.05) is 11.6 Å². The first-order valence-electron chi connectivity index (χ1n) is 3.96. The van der Waals surface area contributed by atoms with Crippen LogP contribution >= 0.6 is 11.6 Å². The maximum Gasteiger partial charge on any atom is 0.230 e. The molecule has 1 aromatic rings. The molecule has 0 radical (unpaired) electrons. The van der Waals surface area contributed by atoms with E-state index in [1.165, 1.54) is 20.0 Å². The van der Waals surface area contributed by atoms with Gasteiger partial charge in [-0.15, -0.1) is 0 Å². The highest BCUT2D eigenvalue weighted by molar-refractivity contribution is 6.33. The van der Waals surface area contributed by atoms with Gasteiger partial charge in [0.25, 0.3) is 0 Å². The van der Waals surface area contributed by atoms with E-state index in [1.807, 2.05) is 0 Å². The second-order valence-corrected chi connectivity index (χ2v) is 3.04. The third-order valence-corrected chi connectivity index (χ3v) is 1.90. The molecular formula is C9H9ClN2O2. The van der Waals surface area contributed by atoms with Gasteiger partial charge in [0.1, 0.15) is 0 Å². The molecule has 0 N–H and O–H groups in total. The fourth-order valence-electron chi connectivity index (χ4n) is 1.11. The minimum atomic E-state index is -0.382. The molecule has 0 spiro atoms. The Morgan fingerprint density at radius 1 is 1.36 bits per heavy atom. The first-order valence-corrected chi connectivity index (χ1v) is 4.33. The number of amides is 2. The van der Waals surface area contributed by atoms with Crippen LogP contribution in [0.5, 0.6) is 0 Å². The predicted molar refractivity (Wildman–Crippen MR) is 53.1 cm³/mol. The highest BCUT2D eigenvalue weighted by Crippen LogP contribution is 2.22. The lowest BCUT2D eigenvalue weighted by Gasteiger charge is -2.17. The zero-order chi connectivity index (χ0) is 10.7. The number of halogens is 1. The Morgan fingerprint density at radius 2 is 1.93 bits per heavy atom. The van der Waals surface area contributed by atoms with E-state index in [2.05, 4.69) is 4.98 Å². The number of pyridine rings is 1. The molecule has 0 unspecified atom stereocenters. The van der Waals surface area contributed by atoms with Crippen molar-refractivity contribution in [2.24, 2.45) is 0 Å². The Morgan fingerprint density at radius 3 is 2.36 bits per heavy atom. The average Bonchev–Trinajstić information content (AvgIpc) is 2.07. The summed E-state index contributed by atoms with van der Waals surface area (Å²) in [7, 11) is 0. The summed E-state index contributed by atoms with van der Waals surface area (Å²) in [5, 5.41) is 0.137. The Labute approximate surface area is 86.5 Å². The van der Waals surface area contributed by atoms with E-state index in [1.54, 1.807) is 12.1 Å². The molecule has 0 aromatic carbocycles. The molecule has 74 valence electrons. The van der Waals surface area contributed by atoms with Crippen molar-refractivity contribution in [1.29, 1.82) is 0 Å². The minimum Gasteiger partial charge on any atom is -0.274 e. The summed E-state index contributed by atoms with van der Waals surface area (Å²) < 4.78 is 0. The Balaban J connectivity index is 3.18. The fourth-order valence-corrected chi connectivity index (χ4v) is 1.31. The van der Waals surface area contributed by atoms with Gasteiger partial charge in [0.15, 0.2) is 5.15 Å². The summed E-state index contributed by atoms with van der Waals surface area (Å²) in [5.41, 5.74) is 0.314. The van der Waals surface area contributed by atoms with Gasteiger partial charge < -0.3 is 0 Å². The normalized spacial score (nSPS) is 9.64. The Hall–Kier alpha value is -1.42. The third-order valence-electron chi connectivity index (χ3n) is 1.61. The van der Waals surface area contributed by atoms with Crippen LogP contribution in [0.3, 0.4) is 0 Å². The highest BCUT2D eigenvalue weighted by atomic mass is 35.5. The van der Waals surface area contributed by atoms with Crippen molar-refractivity contribution >= 4 is 29.1 Å². The monoisotopic (exact) mass is 212 g/mol. The largest absolute Gasteiger partial charge is 0.274 e. The summed E-state index contributed by atoms with van der Waals surface area (Å²) in [4.78, 5) is 27.1. The maximum atomic E-state index is 11.2. The van der Waals surface area contributed by atoms with E-state index in [-0.39, 0.29) is 17.0 Å². The molecule has 2 amide bonds. The molecule has 0 saturated heterocycles. The number of anilines is 1. The van der Waals surface area contributed by atoms with Crippen LogP contribution in [0.15, 0.2) is 18.3 Å². The zero-order valence-corrected chi connectivity index (χ0v) is 8.58. The zero-order valence-electron chi connectivity index (χ0n) is 7.82. The molecule has 0 aliphatic heterocycles. The van der Waals surface area contributed by atoms with Gasteiger partial charge in [-0.2, -0.15) is 0 Å². The van der Waals surface area contributed by atoms with Crippen LogP contribution in [0.2, 0.25) is 5.15 Å². The highest BCUT2D eigenvalue weighted by Gasteiger charge is 2.18. The number of rotatable bonds is 1. The number of aromatic nitrogens is 1. The van der Waals surface area contributed by atoms with Crippen molar-refractivity contribution in [3.63, 3.8) is 0 Å². The maximum absolute atomic E-state index is 11.2. The standard InChI is InChI=1S/C9H9ClN2O2/c1-6(13)12(7(2)14)8-4-3-5-11-9(8)10/h3-5H,1-2H3. The lowest BCUT2D eigenvalue weighted by Crippen LogP contribution is -2.33. The lowest BCUT2D eigenvalue weighted by molar-refractivity contribution is -0.124. The molecule has 4 nitrogen and oxygen atoms in total. The van der Waals surface area contributed by atoms with Crippen LogP contribution in [-0.4, -0.2) is 16.8 Å². The molecule has 1 heterocycles. The summed E-state index contributed by atoms with van der Waals surface area (Å²) in [6, 6.07) is 3.18. The van der Waals surface area contributed by atoms with E-state index in [4.69, 9.17) is 11.6 Å². The molecule has 0 aliphatic rings. The Bertz CT molecular complexity index is 365. The van der Waals surface area contributed by atoms with Gasteiger partial charge >= 0.3 is 0 Å². The van der Waals surface area contributed by atoms with Gasteiger partial charge in [-0.05, 0) is 12.1 Å². The number of nitrogens with zero attached hydrogens (tertiary/aromatic N) is 2. The second-order valence-electron chi connectivity index (χ2n) is 2.69. The number of imide groups is 1. The quantitative estimate of drug-likeness (QED) is 0.665. The van der Waals surface area contributed by atoms with Gasteiger partial charge in [0.2, 0.25) is 11.8 Å². The molecule has 14 heavy (non-hydrogen) atoms. The average molecular weight is 213 g/mol. The topological polar surface area (TPSA) is 50.3 Å². The van der Waals surface area contributed by atoms with Crippen molar-refractivity contribution in [2.75, 3.05) is 4.90 Å². The minimum absolute atomic E-state index is 0.137. The number of hydrogen-bond acceptors (Lipinski definition) is 3. The molecular weight excluding hydrogens is 204 g/mol. The van der Waals surface area contributed by atoms with Gasteiger partial charge in [0, 0.05) is 20.0 Å². The van der Waals surface area contributed by atoms with E-state index < -0.39 is 0 Å². The van der Waals surface area contributed by atoms with E-state index in [9.17, 15) is 9.59 Å². The van der Waals surface area contributed by atoms with Crippen LogP contribution in [0.4, 0.5) is 5.69 Å². The van der Waals surface area contributed by atoms with Crippen LogP contribution < -0.4 is 4.90 Å². The predicted octanol–water partition coefficient (Wildman–Crippen LogP) is 1.63. The molecule has 0 atom stereocenters. The molecule has 1 rings (SSSR count). The van der Waals surface area contributed by atoms with Crippen molar-refractivity contribution < 1.29 is 9.59 Å². The van der Waals surface area contributed by atoms with Crippen molar-refractivity contribution in [3.8, 4) is 0 Å². The van der Waals surface area contributed by atoms with Gasteiger partial charge in [-0.3, -0.25) is 9.59 Å². The van der Waals surface area contributed by atoms with Crippen molar-refractivity contribution in [3.05, 3.63) is 23.5 Å². The van der Waals surface area contributed by atoms with Crippen molar-refractivity contribution in [1.82, 2.24) is 4.98 Å². The fraction of sp³-hybridized carbons (Fsp3) is 0.222. The molecule has 0 fully saturated rings. The SMILES string of the molecule is CC(=O)N(C(C)=O)c1cccnc1Cl. The van der Waals surface area contributed by atoms with Crippen LogP contribution in [0.1, 0.15) is 13.8 Å². The van der Waals surface area contributed by atoms with Crippen LogP contribution in [0, 0.1) is 0 Å². The Kier molecular flexibility index (Phi) is 3.19. The number of hydrogen-bond donors (Lipinski definition) is 0. The first kappa shape index (κ1) is 10.7. The summed E-state index contributed by atoms with van der Waals surface area (Å²) >= 11 is 5.75. The van der Waals surface area contributed by atoms with Crippen LogP contribution in [0.25, 0.3) is 0 Å². The summed E-state index contributed by atoms with van der Waals surface area (Å²) in [5.74, 6) is -0.764. The van der Waals surface area contributed by atoms with Gasteiger partial charge in [0.05, 0.1) is 5.69 Å². The smallest absolute Gasteiger partial charge is 0.230 e. The van der Waals surface area contributed by atoms with Crippen LogP contribution in [-0.2, 0) is 9.59 Å². The van der Waals surface area contributed by atoms with E-state index in [0.29, 0.717) is 5.69 Å². The first-order chi connectivity index (χ1) is 6.54. The molecule has 0 saturated carbocycles. The summed E-state index contributed by atoms with van der Waals surface area (Å²) in [6.07, 6.45) is 1.49. The van der Waals surface area contributed by atoms with E-state index >= 15 is 0 Å². The molecule has 0 bridgehead atoms. The van der Waals surface area contributed by atoms with E-state index in [0.717, 1.165) is 4.90 Å². The van der Waals surface area contributed by atoms with Gasteiger partial charge in [-0.25, -0.2) is 9.88 Å². The third kappa shape index (κ3) is 2.09. The number of carbonyl (C=O) groups is 2. The molecule has 1 aromatic heterocycles.